The Morgan fingerprint density at radius 1 is 1.27 bits per heavy atom. The lowest BCUT2D eigenvalue weighted by molar-refractivity contribution is 0.104. The van der Waals surface area contributed by atoms with Gasteiger partial charge in [-0.15, -0.1) is 0 Å². The summed E-state index contributed by atoms with van der Waals surface area (Å²) in [6, 6.07) is 6.05. The van der Waals surface area contributed by atoms with E-state index in [1.807, 2.05) is 13.8 Å². The number of hydrogen-bond acceptors (Lipinski definition) is 3. The van der Waals surface area contributed by atoms with Gasteiger partial charge >= 0.3 is 0 Å². The van der Waals surface area contributed by atoms with Crippen LogP contribution in [0.15, 0.2) is 42.7 Å². The summed E-state index contributed by atoms with van der Waals surface area (Å²) in [6.07, 6.45) is 6.35. The predicted octanol–water partition coefficient (Wildman–Crippen LogP) is 4.65. The number of ketones is 1. The molecule has 0 amide bonds. The molecule has 7 heteroatoms. The first-order chi connectivity index (χ1) is 12.4. The van der Waals surface area contributed by atoms with Crippen LogP contribution in [0.3, 0.4) is 0 Å². The van der Waals surface area contributed by atoms with Crippen molar-refractivity contribution in [3.05, 3.63) is 70.5 Å². The highest BCUT2D eigenvalue weighted by atomic mass is 35.5. The van der Waals surface area contributed by atoms with Gasteiger partial charge in [-0.25, -0.2) is 9.07 Å². The van der Waals surface area contributed by atoms with E-state index in [1.165, 1.54) is 22.9 Å². The number of rotatable bonds is 5. The Morgan fingerprint density at radius 3 is 2.58 bits per heavy atom. The highest BCUT2D eigenvalue weighted by Crippen LogP contribution is 2.25. The number of aryl methyl sites for hydroxylation is 1. The molecule has 1 aromatic carbocycles. The van der Waals surface area contributed by atoms with E-state index in [2.05, 4.69) is 10.2 Å². The van der Waals surface area contributed by atoms with Crippen molar-refractivity contribution in [3.8, 4) is 5.69 Å². The van der Waals surface area contributed by atoms with Gasteiger partial charge in [-0.1, -0.05) is 11.6 Å². The number of benzene rings is 1. The second kappa shape index (κ2) is 7.25. The van der Waals surface area contributed by atoms with Crippen LogP contribution in [-0.2, 0) is 0 Å². The smallest absolute Gasteiger partial charge is 0.189 e. The van der Waals surface area contributed by atoms with Crippen molar-refractivity contribution < 1.29 is 9.18 Å². The van der Waals surface area contributed by atoms with Crippen LogP contribution < -0.4 is 0 Å². The summed E-state index contributed by atoms with van der Waals surface area (Å²) in [5.74, 6) is -0.497. The Hall–Kier alpha value is -2.73. The molecule has 0 unspecified atom stereocenters. The Morgan fingerprint density at radius 2 is 1.96 bits per heavy atom. The molecule has 0 aliphatic rings. The van der Waals surface area contributed by atoms with Crippen molar-refractivity contribution in [3.63, 3.8) is 0 Å². The number of carbonyl (C=O) groups is 1. The van der Waals surface area contributed by atoms with Gasteiger partial charge in [-0.05, 0) is 57.2 Å². The SMILES string of the molecule is Cc1nn(-c2ccc(F)cc2)c(Cl)c1/C=C/C(=O)c1cnn(C(C)C)c1. The Bertz CT molecular complexity index is 970. The van der Waals surface area contributed by atoms with Crippen molar-refractivity contribution in [1.29, 1.82) is 0 Å². The fourth-order valence-electron chi connectivity index (χ4n) is 2.46. The van der Waals surface area contributed by atoms with Gasteiger partial charge in [0.2, 0.25) is 0 Å². The maximum atomic E-state index is 13.1. The van der Waals surface area contributed by atoms with E-state index in [4.69, 9.17) is 11.6 Å². The van der Waals surface area contributed by atoms with Crippen LogP contribution in [0, 0.1) is 12.7 Å². The molecule has 0 spiro atoms. The van der Waals surface area contributed by atoms with Gasteiger partial charge in [0.15, 0.2) is 5.78 Å². The summed E-state index contributed by atoms with van der Waals surface area (Å²) >= 11 is 6.41. The number of halogens is 2. The molecule has 5 nitrogen and oxygen atoms in total. The van der Waals surface area contributed by atoms with Crippen LogP contribution in [0.1, 0.15) is 41.5 Å². The van der Waals surface area contributed by atoms with E-state index in [9.17, 15) is 9.18 Å². The largest absolute Gasteiger partial charge is 0.289 e. The standard InChI is InChI=1S/C19H18ClFN4O/c1-12(2)24-11-14(10-22-24)18(26)9-8-17-13(3)23-25(19(17)20)16-6-4-15(21)5-7-16/h4-12H,1-3H3/b9-8+. The van der Waals surface area contributed by atoms with Crippen LogP contribution in [-0.4, -0.2) is 25.3 Å². The normalized spacial score (nSPS) is 11.6. The molecule has 0 saturated heterocycles. The molecule has 0 fully saturated rings. The first-order valence-electron chi connectivity index (χ1n) is 8.14. The molecular weight excluding hydrogens is 355 g/mol. The molecule has 0 radical (unpaired) electrons. The monoisotopic (exact) mass is 372 g/mol. The van der Waals surface area contributed by atoms with Crippen LogP contribution in [0.2, 0.25) is 5.15 Å². The van der Waals surface area contributed by atoms with Gasteiger partial charge in [-0.2, -0.15) is 10.2 Å². The first-order valence-corrected chi connectivity index (χ1v) is 8.52. The molecule has 0 bridgehead atoms. The highest BCUT2D eigenvalue weighted by molar-refractivity contribution is 6.31. The molecule has 0 aliphatic heterocycles. The Labute approximate surface area is 155 Å². The number of nitrogens with zero attached hydrogens (tertiary/aromatic N) is 4. The van der Waals surface area contributed by atoms with Gasteiger partial charge in [0, 0.05) is 17.8 Å². The highest BCUT2D eigenvalue weighted by Gasteiger charge is 2.14. The average molecular weight is 373 g/mol. The summed E-state index contributed by atoms with van der Waals surface area (Å²) in [5.41, 5.74) is 2.46. The van der Waals surface area contributed by atoms with Gasteiger partial charge in [0.05, 0.1) is 23.1 Å². The number of aromatic nitrogens is 4. The predicted molar refractivity (Wildman–Crippen MR) is 99.2 cm³/mol. The van der Waals surface area contributed by atoms with Gasteiger partial charge in [0.1, 0.15) is 11.0 Å². The molecule has 0 saturated carbocycles. The summed E-state index contributed by atoms with van der Waals surface area (Å²) in [4.78, 5) is 12.3. The Balaban J connectivity index is 1.86. The molecule has 0 N–H and O–H groups in total. The third-order valence-corrected chi connectivity index (χ3v) is 4.30. The van der Waals surface area contributed by atoms with Crippen molar-refractivity contribution in [2.75, 3.05) is 0 Å². The maximum Gasteiger partial charge on any atom is 0.189 e. The molecule has 26 heavy (non-hydrogen) atoms. The molecule has 134 valence electrons. The van der Waals surface area contributed by atoms with Crippen LogP contribution in [0.25, 0.3) is 11.8 Å². The van der Waals surface area contributed by atoms with Gasteiger partial charge in [0.25, 0.3) is 0 Å². The zero-order chi connectivity index (χ0) is 18.8. The molecule has 2 heterocycles. The summed E-state index contributed by atoms with van der Waals surface area (Å²) in [5, 5.41) is 8.90. The zero-order valence-corrected chi connectivity index (χ0v) is 15.4. The van der Waals surface area contributed by atoms with E-state index in [1.54, 1.807) is 42.2 Å². The Kier molecular flexibility index (Phi) is 5.04. The third-order valence-electron chi connectivity index (χ3n) is 3.94. The van der Waals surface area contributed by atoms with E-state index in [0.29, 0.717) is 27.7 Å². The number of carbonyl (C=O) groups excluding carboxylic acids is 1. The van der Waals surface area contributed by atoms with Crippen molar-refractivity contribution in [2.45, 2.75) is 26.8 Å². The summed E-state index contributed by atoms with van der Waals surface area (Å²) in [6.45, 7) is 5.78. The second-order valence-corrected chi connectivity index (χ2v) is 6.54. The quantitative estimate of drug-likeness (QED) is 0.484. The fraction of sp³-hybridized carbons (Fsp3) is 0.211. The van der Waals surface area contributed by atoms with Crippen LogP contribution in [0.4, 0.5) is 4.39 Å². The van der Waals surface area contributed by atoms with Crippen molar-refractivity contribution in [1.82, 2.24) is 19.6 Å². The summed E-state index contributed by atoms with van der Waals surface area (Å²) < 4.78 is 16.3. The lowest BCUT2D eigenvalue weighted by Crippen LogP contribution is -2.00. The first kappa shape index (κ1) is 18.1. The zero-order valence-electron chi connectivity index (χ0n) is 14.6. The minimum absolute atomic E-state index is 0.165. The average Bonchev–Trinajstić information content (AvgIpc) is 3.20. The number of hydrogen-bond donors (Lipinski definition) is 0. The molecule has 3 aromatic rings. The lowest BCUT2D eigenvalue weighted by atomic mass is 10.1. The minimum Gasteiger partial charge on any atom is -0.289 e. The van der Waals surface area contributed by atoms with Crippen molar-refractivity contribution >= 4 is 23.5 Å². The second-order valence-electron chi connectivity index (χ2n) is 6.18. The molecular formula is C19H18ClFN4O. The third kappa shape index (κ3) is 3.60. The van der Waals surface area contributed by atoms with Crippen LogP contribution in [0.5, 0.6) is 0 Å². The number of allylic oxidation sites excluding steroid dienone is 1. The lowest BCUT2D eigenvalue weighted by Gasteiger charge is -2.02. The van der Waals surface area contributed by atoms with E-state index >= 15 is 0 Å². The molecule has 3 rings (SSSR count). The molecule has 2 aromatic heterocycles. The van der Waals surface area contributed by atoms with Crippen LogP contribution >= 0.6 is 11.6 Å². The van der Waals surface area contributed by atoms with Gasteiger partial charge < -0.3 is 0 Å². The van der Waals surface area contributed by atoms with E-state index < -0.39 is 0 Å². The van der Waals surface area contributed by atoms with E-state index in [-0.39, 0.29) is 17.6 Å². The summed E-state index contributed by atoms with van der Waals surface area (Å²) in [7, 11) is 0. The topological polar surface area (TPSA) is 52.7 Å². The molecule has 0 aliphatic carbocycles. The van der Waals surface area contributed by atoms with E-state index in [0.717, 1.165) is 0 Å². The van der Waals surface area contributed by atoms with Gasteiger partial charge in [-0.3, -0.25) is 9.48 Å². The molecule has 0 atom stereocenters. The minimum atomic E-state index is -0.332. The fourth-order valence-corrected chi connectivity index (χ4v) is 2.79. The maximum absolute atomic E-state index is 13.1. The van der Waals surface area contributed by atoms with Crippen molar-refractivity contribution in [2.24, 2.45) is 0 Å².